The summed E-state index contributed by atoms with van der Waals surface area (Å²) < 4.78 is 11.5. The number of hydrogen-bond donors (Lipinski definition) is 1. The van der Waals surface area contributed by atoms with Gasteiger partial charge in [-0.3, -0.25) is 5.32 Å². The number of benzene rings is 4. The van der Waals surface area contributed by atoms with Gasteiger partial charge >= 0.3 is 0 Å². The van der Waals surface area contributed by atoms with Crippen LogP contribution in [0.25, 0.3) is 21.5 Å². The highest BCUT2D eigenvalue weighted by molar-refractivity contribution is 5.84. The number of ether oxygens (including phenoxy) is 2. The van der Waals surface area contributed by atoms with Crippen LogP contribution in [0.3, 0.4) is 0 Å². The lowest BCUT2D eigenvalue weighted by atomic mass is 10.1. The zero-order valence-corrected chi connectivity index (χ0v) is 13.8. The smallest absolute Gasteiger partial charge is 0.142 e. The molecule has 0 saturated heterocycles. The highest BCUT2D eigenvalue weighted by atomic mass is 16.5. The lowest BCUT2D eigenvalue weighted by Gasteiger charge is -2.10. The van der Waals surface area contributed by atoms with Crippen LogP contribution in [0.2, 0.25) is 0 Å². The van der Waals surface area contributed by atoms with Crippen molar-refractivity contribution in [3.63, 3.8) is 0 Å². The molecule has 0 heterocycles. The van der Waals surface area contributed by atoms with E-state index in [4.69, 9.17) is 9.47 Å². The summed E-state index contributed by atoms with van der Waals surface area (Å²) in [7, 11) is 0. The molecule has 0 unspecified atom stereocenters. The van der Waals surface area contributed by atoms with Crippen LogP contribution >= 0.6 is 0 Å². The molecule has 124 valence electrons. The van der Waals surface area contributed by atoms with E-state index in [0.717, 1.165) is 11.5 Å². The SMILES string of the molecule is c1ccc2cc(OCNCOc3ccc4ccccc4c3)ccc2c1. The summed E-state index contributed by atoms with van der Waals surface area (Å²) in [6, 6.07) is 28.7. The molecule has 1 N–H and O–H groups in total. The highest BCUT2D eigenvalue weighted by Gasteiger charge is 1.98. The van der Waals surface area contributed by atoms with Gasteiger partial charge in [0.05, 0.1) is 0 Å². The van der Waals surface area contributed by atoms with E-state index < -0.39 is 0 Å². The van der Waals surface area contributed by atoms with Gasteiger partial charge in [0.2, 0.25) is 0 Å². The summed E-state index contributed by atoms with van der Waals surface area (Å²) in [5.41, 5.74) is 0. The molecule has 4 aromatic rings. The van der Waals surface area contributed by atoms with Crippen LogP contribution < -0.4 is 14.8 Å². The molecule has 0 aliphatic heterocycles. The van der Waals surface area contributed by atoms with Crippen LogP contribution in [0.1, 0.15) is 0 Å². The maximum Gasteiger partial charge on any atom is 0.142 e. The third-order valence-corrected chi connectivity index (χ3v) is 4.12. The fourth-order valence-corrected chi connectivity index (χ4v) is 2.82. The van der Waals surface area contributed by atoms with Gasteiger partial charge in [-0.25, -0.2) is 0 Å². The summed E-state index contributed by atoms with van der Waals surface area (Å²) in [6.07, 6.45) is 0. The molecule has 0 fully saturated rings. The average Bonchev–Trinajstić information content (AvgIpc) is 2.67. The largest absolute Gasteiger partial charge is 0.478 e. The maximum absolute atomic E-state index is 5.73. The molecule has 0 saturated carbocycles. The molecule has 0 bridgehead atoms. The van der Waals surface area contributed by atoms with E-state index in [1.54, 1.807) is 0 Å². The highest BCUT2D eigenvalue weighted by Crippen LogP contribution is 2.21. The number of rotatable bonds is 6. The van der Waals surface area contributed by atoms with Crippen LogP contribution in [0.4, 0.5) is 0 Å². The van der Waals surface area contributed by atoms with Crippen LogP contribution in [-0.4, -0.2) is 13.5 Å². The van der Waals surface area contributed by atoms with Crippen LogP contribution in [0, 0.1) is 0 Å². The van der Waals surface area contributed by atoms with Gasteiger partial charge in [-0.2, -0.15) is 0 Å². The van der Waals surface area contributed by atoms with E-state index in [9.17, 15) is 0 Å². The van der Waals surface area contributed by atoms with Gasteiger partial charge in [-0.1, -0.05) is 60.7 Å². The minimum absolute atomic E-state index is 0.395. The van der Waals surface area contributed by atoms with Crippen molar-refractivity contribution in [3.05, 3.63) is 84.9 Å². The van der Waals surface area contributed by atoms with Gasteiger partial charge < -0.3 is 9.47 Å². The molecular formula is C22H19NO2. The quantitative estimate of drug-likeness (QED) is 0.401. The standard InChI is InChI=1S/C22H19NO2/c1-3-7-19-13-21(11-9-17(19)5-1)24-15-23-16-25-22-12-10-18-6-2-4-8-20(18)14-22/h1-14,23H,15-16H2. The first-order valence-electron chi connectivity index (χ1n) is 8.32. The van der Waals surface area contributed by atoms with Crippen LogP contribution in [-0.2, 0) is 0 Å². The fourth-order valence-electron chi connectivity index (χ4n) is 2.82. The van der Waals surface area contributed by atoms with Crippen molar-refractivity contribution in [3.8, 4) is 11.5 Å². The normalized spacial score (nSPS) is 10.9. The number of hydrogen-bond acceptors (Lipinski definition) is 3. The van der Waals surface area contributed by atoms with Crippen molar-refractivity contribution in [2.75, 3.05) is 13.5 Å². The monoisotopic (exact) mass is 329 g/mol. The molecule has 4 rings (SSSR count). The molecule has 3 nitrogen and oxygen atoms in total. The summed E-state index contributed by atoms with van der Waals surface area (Å²) in [6.45, 7) is 0.790. The zero-order chi connectivity index (χ0) is 16.9. The third-order valence-electron chi connectivity index (χ3n) is 4.12. The lowest BCUT2D eigenvalue weighted by Crippen LogP contribution is -2.24. The molecule has 0 amide bonds. The topological polar surface area (TPSA) is 30.5 Å². The lowest BCUT2D eigenvalue weighted by molar-refractivity contribution is 0.212. The van der Waals surface area contributed by atoms with Gasteiger partial charge in [0.15, 0.2) is 0 Å². The first-order chi connectivity index (χ1) is 12.4. The van der Waals surface area contributed by atoms with Crippen molar-refractivity contribution >= 4 is 21.5 Å². The molecule has 0 spiro atoms. The van der Waals surface area contributed by atoms with Gasteiger partial charge in [0, 0.05) is 0 Å². The van der Waals surface area contributed by atoms with E-state index in [1.165, 1.54) is 21.5 Å². The first-order valence-corrected chi connectivity index (χ1v) is 8.32. The van der Waals surface area contributed by atoms with Crippen molar-refractivity contribution in [2.24, 2.45) is 0 Å². The van der Waals surface area contributed by atoms with Crippen molar-refractivity contribution in [1.29, 1.82) is 0 Å². The van der Waals surface area contributed by atoms with E-state index in [2.05, 4.69) is 41.7 Å². The predicted octanol–water partition coefficient (Wildman–Crippen LogP) is 4.96. The first kappa shape index (κ1) is 15.5. The molecule has 0 aromatic heterocycles. The molecule has 0 aliphatic carbocycles. The molecule has 4 aromatic carbocycles. The second-order valence-electron chi connectivity index (χ2n) is 5.85. The van der Waals surface area contributed by atoms with Crippen LogP contribution in [0.5, 0.6) is 11.5 Å². The Morgan fingerprint density at radius 2 is 0.960 bits per heavy atom. The second kappa shape index (κ2) is 7.24. The van der Waals surface area contributed by atoms with Crippen LogP contribution in [0.15, 0.2) is 84.9 Å². The maximum atomic E-state index is 5.73. The predicted molar refractivity (Wildman–Crippen MR) is 102 cm³/mol. The van der Waals surface area contributed by atoms with Gasteiger partial charge in [0.25, 0.3) is 0 Å². The van der Waals surface area contributed by atoms with E-state index >= 15 is 0 Å². The molecular weight excluding hydrogens is 310 g/mol. The average molecular weight is 329 g/mol. The van der Waals surface area contributed by atoms with E-state index in [1.807, 2.05) is 48.5 Å². The summed E-state index contributed by atoms with van der Waals surface area (Å²) in [5.74, 6) is 1.69. The molecule has 3 heteroatoms. The van der Waals surface area contributed by atoms with Gasteiger partial charge in [0.1, 0.15) is 25.0 Å². The Balaban J connectivity index is 1.28. The molecule has 0 atom stereocenters. The minimum atomic E-state index is 0.395. The Bertz CT molecular complexity index is 916. The van der Waals surface area contributed by atoms with Crippen molar-refractivity contribution in [2.45, 2.75) is 0 Å². The van der Waals surface area contributed by atoms with Crippen molar-refractivity contribution < 1.29 is 9.47 Å². The Morgan fingerprint density at radius 1 is 0.520 bits per heavy atom. The van der Waals surface area contributed by atoms with Gasteiger partial charge in [-0.05, 0) is 45.8 Å². The zero-order valence-electron chi connectivity index (χ0n) is 13.8. The second-order valence-corrected chi connectivity index (χ2v) is 5.85. The minimum Gasteiger partial charge on any atom is -0.478 e. The number of nitrogens with one attached hydrogen (secondary N) is 1. The number of fused-ring (bicyclic) bond motifs is 2. The Kier molecular flexibility index (Phi) is 4.49. The third kappa shape index (κ3) is 3.73. The van der Waals surface area contributed by atoms with E-state index in [-0.39, 0.29) is 0 Å². The Morgan fingerprint density at radius 3 is 1.44 bits per heavy atom. The Hall–Kier alpha value is -3.04. The van der Waals surface area contributed by atoms with Crippen molar-refractivity contribution in [1.82, 2.24) is 5.32 Å². The van der Waals surface area contributed by atoms with Gasteiger partial charge in [-0.15, -0.1) is 0 Å². The summed E-state index contributed by atoms with van der Waals surface area (Å²) in [5, 5.41) is 7.90. The molecule has 0 radical (unpaired) electrons. The van der Waals surface area contributed by atoms with E-state index in [0.29, 0.717) is 13.5 Å². The molecule has 0 aliphatic rings. The summed E-state index contributed by atoms with van der Waals surface area (Å²) in [4.78, 5) is 0. The fraction of sp³-hybridized carbons (Fsp3) is 0.0909. The molecule has 25 heavy (non-hydrogen) atoms. The Labute approximate surface area is 146 Å². The summed E-state index contributed by atoms with van der Waals surface area (Å²) >= 11 is 0.